The van der Waals surface area contributed by atoms with Crippen molar-refractivity contribution in [3.63, 3.8) is 0 Å². The number of fused-ring (bicyclic) bond motifs is 7. The van der Waals surface area contributed by atoms with E-state index in [-0.39, 0.29) is 17.3 Å². The van der Waals surface area contributed by atoms with Gasteiger partial charge in [-0.1, -0.05) is 25.3 Å². The highest BCUT2D eigenvalue weighted by atomic mass is 32.2. The first kappa shape index (κ1) is 26.1. The zero-order valence-electron chi connectivity index (χ0n) is 22.9. The summed E-state index contributed by atoms with van der Waals surface area (Å²) in [6, 6.07) is 11.7. The lowest BCUT2D eigenvalue weighted by Gasteiger charge is -2.24. The van der Waals surface area contributed by atoms with Crippen LogP contribution in [0.3, 0.4) is 0 Å². The maximum atomic E-state index is 13.1. The number of aromatic nitrogens is 1. The number of ketones is 1. The van der Waals surface area contributed by atoms with Gasteiger partial charge in [0.1, 0.15) is 11.5 Å². The summed E-state index contributed by atoms with van der Waals surface area (Å²) in [5, 5.41) is 1.07. The van der Waals surface area contributed by atoms with Crippen LogP contribution in [0.15, 0.2) is 36.4 Å². The number of carbonyl (C=O) groups is 2. The van der Waals surface area contributed by atoms with Crippen LogP contribution >= 0.6 is 0 Å². The van der Waals surface area contributed by atoms with Crippen LogP contribution in [-0.2, 0) is 21.5 Å². The van der Waals surface area contributed by atoms with E-state index >= 15 is 0 Å². The summed E-state index contributed by atoms with van der Waals surface area (Å²) in [6.45, 7) is 2.22. The molecule has 2 aromatic carbocycles. The molecule has 0 saturated heterocycles. The van der Waals surface area contributed by atoms with Crippen LogP contribution in [0.25, 0.3) is 22.2 Å². The third kappa shape index (κ3) is 4.09. The van der Waals surface area contributed by atoms with Crippen molar-refractivity contribution in [2.24, 2.45) is 5.41 Å². The molecule has 0 spiro atoms. The summed E-state index contributed by atoms with van der Waals surface area (Å²) in [4.78, 5) is 26.2. The first-order valence-corrected chi connectivity index (χ1v) is 15.1. The van der Waals surface area contributed by atoms with Crippen LogP contribution in [0.2, 0.25) is 0 Å². The second-order valence-corrected chi connectivity index (χ2v) is 13.4. The van der Waals surface area contributed by atoms with Gasteiger partial charge >= 0.3 is 10.2 Å². The quantitative estimate of drug-likeness (QED) is 0.468. The Morgan fingerprint density at radius 3 is 2.49 bits per heavy atom. The largest absolute Gasteiger partial charge is 0.497 e. The fraction of sp³-hybridized carbons (Fsp3) is 0.467. The lowest BCUT2D eigenvalue weighted by atomic mass is 9.81. The van der Waals surface area contributed by atoms with Gasteiger partial charge in [0.15, 0.2) is 0 Å². The number of nitrogens with zero attached hydrogens (tertiary/aromatic N) is 2. The molecule has 2 aliphatic carbocycles. The zero-order valence-corrected chi connectivity index (χ0v) is 23.7. The molecule has 2 fully saturated rings. The van der Waals surface area contributed by atoms with Crippen molar-refractivity contribution >= 4 is 32.8 Å². The molecule has 39 heavy (non-hydrogen) atoms. The Hall–Kier alpha value is -3.17. The molecule has 3 aliphatic rings. The molecule has 3 aromatic rings. The number of rotatable bonds is 6. The van der Waals surface area contributed by atoms with Gasteiger partial charge in [-0.15, -0.1) is 0 Å². The van der Waals surface area contributed by atoms with E-state index in [1.54, 1.807) is 26.2 Å². The highest BCUT2D eigenvalue weighted by molar-refractivity contribution is 7.87. The number of carbonyl (C=O) groups excluding carboxylic acids is 2. The van der Waals surface area contributed by atoms with Gasteiger partial charge in [-0.3, -0.25) is 9.59 Å². The normalized spacial score (nSPS) is 22.5. The van der Waals surface area contributed by atoms with E-state index in [2.05, 4.69) is 21.4 Å². The van der Waals surface area contributed by atoms with E-state index in [1.807, 2.05) is 12.1 Å². The van der Waals surface area contributed by atoms with Crippen molar-refractivity contribution in [3.05, 3.63) is 53.1 Å². The molecule has 9 heteroatoms. The molecule has 2 saturated carbocycles. The average Bonchev–Trinajstić information content (AvgIpc) is 3.59. The summed E-state index contributed by atoms with van der Waals surface area (Å²) < 4.78 is 35.7. The molecular weight excluding hydrogens is 514 g/mol. The summed E-state index contributed by atoms with van der Waals surface area (Å²) in [7, 11) is 0.484. The third-order valence-corrected chi connectivity index (χ3v) is 10.6. The number of nitrogens with one attached hydrogen (secondary N) is 1. The Kier molecular flexibility index (Phi) is 6.15. The van der Waals surface area contributed by atoms with E-state index in [9.17, 15) is 18.0 Å². The van der Waals surface area contributed by atoms with Crippen molar-refractivity contribution < 1.29 is 22.7 Å². The van der Waals surface area contributed by atoms with Crippen LogP contribution < -0.4 is 9.46 Å². The van der Waals surface area contributed by atoms with Gasteiger partial charge < -0.3 is 9.30 Å². The molecule has 8 nitrogen and oxygen atoms in total. The smallest absolute Gasteiger partial charge is 0.303 e. The first-order valence-electron chi connectivity index (χ1n) is 13.7. The van der Waals surface area contributed by atoms with Gasteiger partial charge in [0.25, 0.3) is 5.91 Å². The van der Waals surface area contributed by atoms with Gasteiger partial charge in [-0.05, 0) is 79.5 Å². The highest BCUT2D eigenvalue weighted by Crippen LogP contribution is 2.65. The van der Waals surface area contributed by atoms with Crippen molar-refractivity contribution in [3.8, 4) is 17.0 Å². The van der Waals surface area contributed by atoms with Crippen molar-refractivity contribution in [1.29, 1.82) is 0 Å². The van der Waals surface area contributed by atoms with Gasteiger partial charge in [0.05, 0.1) is 18.2 Å². The minimum atomic E-state index is -3.93. The van der Waals surface area contributed by atoms with Gasteiger partial charge in [-0.25, -0.2) is 4.72 Å². The topological polar surface area (TPSA) is 97.7 Å². The molecule has 2 atom stereocenters. The first-order chi connectivity index (χ1) is 18.6. The summed E-state index contributed by atoms with van der Waals surface area (Å²) in [5.41, 5.74) is 5.32. The summed E-state index contributed by atoms with van der Waals surface area (Å²) in [6.07, 6.45) is 6.56. The molecular formula is C30H35N3O5S. The Bertz CT molecular complexity index is 1620. The second-order valence-electron chi connectivity index (χ2n) is 11.6. The lowest BCUT2D eigenvalue weighted by molar-refractivity contribution is -0.122. The maximum absolute atomic E-state index is 13.1. The fourth-order valence-corrected chi connectivity index (χ4v) is 7.42. The van der Waals surface area contributed by atoms with E-state index in [4.69, 9.17) is 4.74 Å². The predicted octanol–water partition coefficient (Wildman–Crippen LogP) is 4.98. The Morgan fingerprint density at radius 1 is 1.08 bits per heavy atom. The number of Topliss-reactive ketones (excluding diaryl/α,β-unsaturated/α-hetero) is 1. The SMILES string of the molecule is COc1ccc2c(c1)C1CC1(C(C)=O)Cn1c-2c(C2CCCCC2)c2ccc(C(=O)NS(=O)(=O)N(C)C)cc21. The predicted molar refractivity (Wildman–Crippen MR) is 150 cm³/mol. The van der Waals surface area contributed by atoms with Crippen molar-refractivity contribution in [2.45, 2.75) is 63.8 Å². The Labute approximate surface area is 229 Å². The number of amides is 1. The molecule has 2 unspecified atom stereocenters. The molecule has 0 radical (unpaired) electrons. The zero-order chi connectivity index (χ0) is 27.7. The molecule has 1 aliphatic heterocycles. The highest BCUT2D eigenvalue weighted by Gasteiger charge is 2.61. The van der Waals surface area contributed by atoms with Gasteiger partial charge in [0.2, 0.25) is 0 Å². The molecule has 1 N–H and O–H groups in total. The number of ether oxygens (including phenoxy) is 1. The van der Waals surface area contributed by atoms with Crippen LogP contribution in [-0.4, -0.2) is 50.2 Å². The summed E-state index contributed by atoms with van der Waals surface area (Å²) >= 11 is 0. The Balaban J connectivity index is 1.60. The minimum Gasteiger partial charge on any atom is -0.497 e. The number of benzene rings is 2. The number of hydrogen-bond donors (Lipinski definition) is 1. The third-order valence-electron chi connectivity index (χ3n) is 9.19. The Morgan fingerprint density at radius 2 is 1.82 bits per heavy atom. The molecule has 206 valence electrons. The second kappa shape index (κ2) is 9.20. The minimum absolute atomic E-state index is 0.117. The van der Waals surface area contributed by atoms with E-state index in [0.717, 1.165) is 57.0 Å². The number of hydrogen-bond acceptors (Lipinski definition) is 5. The van der Waals surface area contributed by atoms with Crippen molar-refractivity contribution in [1.82, 2.24) is 13.6 Å². The van der Waals surface area contributed by atoms with Crippen LogP contribution in [0, 0.1) is 5.41 Å². The van der Waals surface area contributed by atoms with Gasteiger partial charge in [-0.2, -0.15) is 12.7 Å². The molecule has 1 aromatic heterocycles. The molecule has 2 heterocycles. The standard InChI is InChI=1S/C30H35N3O5S/c1-18(34)30-16-25(30)24-15-21(38-4)11-13-22(24)28-27(19-8-6-5-7-9-19)23-12-10-20(14-26(23)33(28)17-30)29(35)31-39(36,37)32(2)3/h10-15,19,25H,5-9,16-17H2,1-4H3,(H,31,35). The summed E-state index contributed by atoms with van der Waals surface area (Å²) in [5.74, 6) is 0.767. The van der Waals surface area contributed by atoms with Crippen LogP contribution in [0.4, 0.5) is 0 Å². The molecule has 0 bridgehead atoms. The van der Waals surface area contributed by atoms with Crippen molar-refractivity contribution in [2.75, 3.05) is 21.2 Å². The monoisotopic (exact) mass is 549 g/mol. The van der Waals surface area contributed by atoms with Crippen LogP contribution in [0.1, 0.15) is 78.8 Å². The molecule has 6 rings (SSSR count). The van der Waals surface area contributed by atoms with Crippen LogP contribution in [0.5, 0.6) is 5.75 Å². The van der Waals surface area contributed by atoms with E-state index < -0.39 is 21.5 Å². The number of methoxy groups -OCH3 is 1. The van der Waals surface area contributed by atoms with E-state index in [1.165, 1.54) is 38.9 Å². The van der Waals surface area contributed by atoms with E-state index in [0.29, 0.717) is 12.5 Å². The fourth-order valence-electron chi connectivity index (χ4n) is 6.89. The maximum Gasteiger partial charge on any atom is 0.303 e. The molecule has 1 amide bonds. The average molecular weight is 550 g/mol. The lowest BCUT2D eigenvalue weighted by Crippen LogP contribution is -2.39. The van der Waals surface area contributed by atoms with Gasteiger partial charge in [0, 0.05) is 42.7 Å².